The standard InChI is InChI=1S/C19H21F3N2O5S/c1-28-15-6-7-17(29-2)13(10-15)8-9-23-18(25)12-24-30(26,27)16-5-3-4-14(11-16)19(20,21)22/h3-7,10-11,24H,8-9,12H2,1-2H3,(H,23,25). The first kappa shape index (κ1) is 23.5. The van der Waals surface area contributed by atoms with Crippen molar-refractivity contribution in [2.24, 2.45) is 0 Å². The van der Waals surface area contributed by atoms with Crippen molar-refractivity contribution in [2.75, 3.05) is 27.3 Å². The zero-order valence-electron chi connectivity index (χ0n) is 16.2. The van der Waals surface area contributed by atoms with Crippen LogP contribution in [0.3, 0.4) is 0 Å². The lowest BCUT2D eigenvalue weighted by Crippen LogP contribution is -2.37. The van der Waals surface area contributed by atoms with Crippen molar-refractivity contribution in [3.63, 3.8) is 0 Å². The highest BCUT2D eigenvalue weighted by Gasteiger charge is 2.31. The van der Waals surface area contributed by atoms with E-state index in [2.05, 4.69) is 5.32 Å². The zero-order chi connectivity index (χ0) is 22.4. The zero-order valence-corrected chi connectivity index (χ0v) is 17.1. The third-order valence-electron chi connectivity index (χ3n) is 4.10. The van der Waals surface area contributed by atoms with E-state index in [9.17, 15) is 26.4 Å². The molecule has 0 saturated carbocycles. The lowest BCUT2D eigenvalue weighted by atomic mass is 10.1. The van der Waals surface area contributed by atoms with Gasteiger partial charge in [0.15, 0.2) is 0 Å². The van der Waals surface area contributed by atoms with Crippen molar-refractivity contribution in [1.29, 1.82) is 0 Å². The molecular formula is C19H21F3N2O5S. The maximum atomic E-state index is 12.8. The van der Waals surface area contributed by atoms with Crippen molar-refractivity contribution < 1.29 is 35.9 Å². The highest BCUT2D eigenvalue weighted by atomic mass is 32.2. The van der Waals surface area contributed by atoms with Gasteiger partial charge in [0, 0.05) is 6.54 Å². The Labute approximate surface area is 172 Å². The molecule has 0 heterocycles. The van der Waals surface area contributed by atoms with Crippen LogP contribution in [-0.4, -0.2) is 41.6 Å². The van der Waals surface area contributed by atoms with E-state index < -0.39 is 39.1 Å². The summed E-state index contributed by atoms with van der Waals surface area (Å²) >= 11 is 0. The molecule has 0 radical (unpaired) electrons. The second-order valence-electron chi connectivity index (χ2n) is 6.13. The monoisotopic (exact) mass is 446 g/mol. The lowest BCUT2D eigenvalue weighted by Gasteiger charge is -2.12. The van der Waals surface area contributed by atoms with Gasteiger partial charge in [0.25, 0.3) is 0 Å². The number of alkyl halides is 3. The van der Waals surface area contributed by atoms with Gasteiger partial charge in [-0.05, 0) is 48.4 Å². The molecular weight excluding hydrogens is 425 g/mol. The van der Waals surface area contributed by atoms with E-state index in [1.165, 1.54) is 14.2 Å². The molecule has 0 aromatic heterocycles. The fourth-order valence-electron chi connectivity index (χ4n) is 2.56. The van der Waals surface area contributed by atoms with Crippen LogP contribution in [0.25, 0.3) is 0 Å². The molecule has 2 aromatic carbocycles. The van der Waals surface area contributed by atoms with E-state index in [4.69, 9.17) is 9.47 Å². The summed E-state index contributed by atoms with van der Waals surface area (Å²) < 4.78 is 75.0. The van der Waals surface area contributed by atoms with Crippen LogP contribution in [-0.2, 0) is 27.4 Å². The predicted molar refractivity (Wildman–Crippen MR) is 103 cm³/mol. The number of methoxy groups -OCH3 is 2. The van der Waals surface area contributed by atoms with Gasteiger partial charge in [-0.1, -0.05) is 6.07 Å². The molecule has 0 unspecified atom stereocenters. The van der Waals surface area contributed by atoms with Gasteiger partial charge in [0.05, 0.1) is 31.2 Å². The molecule has 0 saturated heterocycles. The summed E-state index contributed by atoms with van der Waals surface area (Å²) in [6.07, 6.45) is -4.28. The third-order valence-corrected chi connectivity index (χ3v) is 5.50. The van der Waals surface area contributed by atoms with E-state index in [1.54, 1.807) is 18.2 Å². The molecule has 0 aliphatic rings. The molecule has 0 fully saturated rings. The molecule has 7 nitrogen and oxygen atoms in total. The van der Waals surface area contributed by atoms with E-state index >= 15 is 0 Å². The molecule has 0 atom stereocenters. The Bertz CT molecular complexity index is 994. The van der Waals surface area contributed by atoms with Crippen LogP contribution in [0.15, 0.2) is 47.4 Å². The Hall–Kier alpha value is -2.79. The van der Waals surface area contributed by atoms with Gasteiger partial charge < -0.3 is 14.8 Å². The van der Waals surface area contributed by atoms with Crippen LogP contribution in [0.2, 0.25) is 0 Å². The average molecular weight is 446 g/mol. The number of carbonyl (C=O) groups is 1. The number of halogens is 3. The molecule has 30 heavy (non-hydrogen) atoms. The molecule has 0 aliphatic heterocycles. The Kier molecular flexibility index (Phi) is 7.68. The van der Waals surface area contributed by atoms with Gasteiger partial charge in [-0.2, -0.15) is 13.2 Å². The van der Waals surface area contributed by atoms with E-state index in [0.717, 1.165) is 23.8 Å². The number of amides is 1. The molecule has 1 amide bonds. The third kappa shape index (κ3) is 6.36. The van der Waals surface area contributed by atoms with Crippen LogP contribution >= 0.6 is 0 Å². The molecule has 11 heteroatoms. The number of hydrogen-bond donors (Lipinski definition) is 2. The SMILES string of the molecule is COc1ccc(OC)c(CCNC(=O)CNS(=O)(=O)c2cccc(C(F)(F)F)c2)c1. The molecule has 164 valence electrons. The number of rotatable bonds is 9. The number of sulfonamides is 1. The summed E-state index contributed by atoms with van der Waals surface area (Å²) in [6.45, 7) is -0.429. The Morgan fingerprint density at radius 2 is 1.80 bits per heavy atom. The van der Waals surface area contributed by atoms with Crippen LogP contribution < -0.4 is 19.5 Å². The normalized spacial score (nSPS) is 11.8. The quantitative estimate of drug-likeness (QED) is 0.617. The Morgan fingerprint density at radius 1 is 1.07 bits per heavy atom. The fraction of sp³-hybridized carbons (Fsp3) is 0.316. The summed E-state index contributed by atoms with van der Waals surface area (Å²) in [6, 6.07) is 8.47. The van der Waals surface area contributed by atoms with Gasteiger partial charge in [-0.25, -0.2) is 13.1 Å². The average Bonchev–Trinajstić information content (AvgIpc) is 2.71. The van der Waals surface area contributed by atoms with E-state index in [0.29, 0.717) is 24.0 Å². The second kappa shape index (κ2) is 9.81. The van der Waals surface area contributed by atoms with Crippen LogP contribution in [0.1, 0.15) is 11.1 Å². The van der Waals surface area contributed by atoms with Gasteiger partial charge in [0.2, 0.25) is 15.9 Å². The molecule has 2 N–H and O–H groups in total. The molecule has 0 aliphatic carbocycles. The predicted octanol–water partition coefficient (Wildman–Crippen LogP) is 2.36. The molecule has 2 aromatic rings. The van der Waals surface area contributed by atoms with Gasteiger partial charge >= 0.3 is 6.18 Å². The first-order chi connectivity index (χ1) is 14.1. The molecule has 0 spiro atoms. The Balaban J connectivity index is 1.92. The first-order valence-corrected chi connectivity index (χ1v) is 10.2. The summed E-state index contributed by atoms with van der Waals surface area (Å²) in [5.41, 5.74) is -0.316. The molecule has 2 rings (SSSR count). The van der Waals surface area contributed by atoms with Crippen molar-refractivity contribution in [2.45, 2.75) is 17.5 Å². The summed E-state index contributed by atoms with van der Waals surface area (Å²) in [5.74, 6) is 0.591. The number of hydrogen-bond acceptors (Lipinski definition) is 5. The van der Waals surface area contributed by atoms with Crippen molar-refractivity contribution in [1.82, 2.24) is 10.0 Å². The number of ether oxygens (including phenoxy) is 2. The molecule has 0 bridgehead atoms. The fourth-order valence-corrected chi connectivity index (χ4v) is 3.59. The van der Waals surface area contributed by atoms with E-state index in [1.807, 2.05) is 4.72 Å². The highest BCUT2D eigenvalue weighted by Crippen LogP contribution is 2.30. The summed E-state index contributed by atoms with van der Waals surface area (Å²) in [4.78, 5) is 11.4. The first-order valence-electron chi connectivity index (χ1n) is 8.71. The second-order valence-corrected chi connectivity index (χ2v) is 7.89. The van der Waals surface area contributed by atoms with Crippen molar-refractivity contribution >= 4 is 15.9 Å². The van der Waals surface area contributed by atoms with Gasteiger partial charge in [0.1, 0.15) is 11.5 Å². The van der Waals surface area contributed by atoms with Crippen LogP contribution in [0.4, 0.5) is 13.2 Å². The topological polar surface area (TPSA) is 93.7 Å². The number of nitrogens with one attached hydrogen (secondary N) is 2. The minimum atomic E-state index is -4.68. The van der Waals surface area contributed by atoms with Crippen LogP contribution in [0.5, 0.6) is 11.5 Å². The summed E-state index contributed by atoms with van der Waals surface area (Å²) in [5, 5.41) is 2.54. The Morgan fingerprint density at radius 3 is 2.43 bits per heavy atom. The lowest BCUT2D eigenvalue weighted by molar-refractivity contribution is -0.137. The number of carbonyl (C=O) groups excluding carboxylic acids is 1. The van der Waals surface area contributed by atoms with Gasteiger partial charge in [-0.3, -0.25) is 4.79 Å². The summed E-state index contributed by atoms with van der Waals surface area (Å²) in [7, 11) is -1.26. The maximum absolute atomic E-state index is 12.8. The van der Waals surface area contributed by atoms with E-state index in [-0.39, 0.29) is 6.54 Å². The minimum Gasteiger partial charge on any atom is -0.497 e. The van der Waals surface area contributed by atoms with Crippen molar-refractivity contribution in [3.8, 4) is 11.5 Å². The smallest absolute Gasteiger partial charge is 0.416 e. The maximum Gasteiger partial charge on any atom is 0.416 e. The number of benzene rings is 2. The van der Waals surface area contributed by atoms with Crippen LogP contribution in [0, 0.1) is 0 Å². The highest BCUT2D eigenvalue weighted by molar-refractivity contribution is 7.89. The minimum absolute atomic E-state index is 0.188. The van der Waals surface area contributed by atoms with Crippen molar-refractivity contribution in [3.05, 3.63) is 53.6 Å². The largest absolute Gasteiger partial charge is 0.497 e. The van der Waals surface area contributed by atoms with Gasteiger partial charge in [-0.15, -0.1) is 0 Å².